The fourth-order valence-electron chi connectivity index (χ4n) is 4.16. The number of hydrogen-bond acceptors (Lipinski definition) is 5. The molecule has 1 aromatic carbocycles. The third-order valence-electron chi connectivity index (χ3n) is 5.77. The number of benzene rings is 1. The lowest BCUT2D eigenvalue weighted by Gasteiger charge is -2.36. The van der Waals surface area contributed by atoms with E-state index in [0.29, 0.717) is 17.9 Å². The molecule has 0 bridgehead atoms. The number of carbonyl (C=O) groups excluding carboxylic acids is 1. The van der Waals surface area contributed by atoms with Gasteiger partial charge in [0.25, 0.3) is 5.91 Å². The fourth-order valence-corrected chi connectivity index (χ4v) is 4.16. The quantitative estimate of drug-likeness (QED) is 0.787. The number of ether oxygens (including phenoxy) is 2. The van der Waals surface area contributed by atoms with Crippen molar-refractivity contribution in [3.63, 3.8) is 0 Å². The highest BCUT2D eigenvalue weighted by Gasteiger charge is 2.44. The molecule has 1 aliphatic carbocycles. The predicted octanol–water partition coefficient (Wildman–Crippen LogP) is 3.35. The molecule has 2 atom stereocenters. The largest absolute Gasteiger partial charge is 0.496 e. The molecule has 7 heteroatoms. The van der Waals surface area contributed by atoms with Crippen LogP contribution in [0.15, 0.2) is 36.5 Å². The smallest absolute Gasteiger partial charge is 0.270 e. The van der Waals surface area contributed by atoms with E-state index in [1.807, 2.05) is 12.1 Å². The van der Waals surface area contributed by atoms with E-state index < -0.39 is 0 Å². The molecule has 1 aromatic heterocycles. The summed E-state index contributed by atoms with van der Waals surface area (Å²) in [4.78, 5) is 19.5. The number of halogens is 1. The van der Waals surface area contributed by atoms with Crippen molar-refractivity contribution in [1.29, 1.82) is 0 Å². The summed E-state index contributed by atoms with van der Waals surface area (Å²) in [6, 6.07) is 8.29. The Hall–Kier alpha value is -2.67. The number of pyridine rings is 1. The molecule has 2 aliphatic rings. The topological polar surface area (TPSA) is 63.7 Å². The molecule has 0 radical (unpaired) electrons. The molecule has 2 aromatic rings. The summed E-state index contributed by atoms with van der Waals surface area (Å²) >= 11 is 0. The van der Waals surface area contributed by atoms with Crippen molar-refractivity contribution in [3.05, 3.63) is 53.6 Å². The van der Waals surface area contributed by atoms with Crippen molar-refractivity contribution in [2.45, 2.75) is 50.9 Å². The van der Waals surface area contributed by atoms with E-state index >= 15 is 0 Å². The van der Waals surface area contributed by atoms with Gasteiger partial charge in [-0.3, -0.25) is 9.78 Å². The van der Waals surface area contributed by atoms with Crippen molar-refractivity contribution >= 4 is 11.6 Å². The highest BCUT2D eigenvalue weighted by Crippen LogP contribution is 2.40. The lowest BCUT2D eigenvalue weighted by Crippen LogP contribution is -2.45. The lowest BCUT2D eigenvalue weighted by atomic mass is 10.0. The van der Waals surface area contributed by atoms with Crippen LogP contribution in [0.3, 0.4) is 0 Å². The number of morpholine rings is 1. The predicted molar refractivity (Wildman–Crippen MR) is 113 cm³/mol. The van der Waals surface area contributed by atoms with Gasteiger partial charge in [-0.15, -0.1) is 0 Å². The first kappa shape index (κ1) is 20.6. The number of aromatic nitrogens is 1. The molecule has 1 N–H and O–H groups in total. The Morgan fingerprint density at radius 2 is 2.00 bits per heavy atom. The zero-order valence-corrected chi connectivity index (χ0v) is 17.7. The van der Waals surface area contributed by atoms with Gasteiger partial charge >= 0.3 is 0 Å². The Bertz CT molecular complexity index is 922. The minimum atomic E-state index is -0.336. The molecule has 1 amide bonds. The minimum Gasteiger partial charge on any atom is -0.496 e. The van der Waals surface area contributed by atoms with Gasteiger partial charge < -0.3 is 19.7 Å². The van der Waals surface area contributed by atoms with Crippen LogP contribution in [0.1, 0.15) is 42.7 Å². The normalized spacial score (nSPS) is 22.5. The molecule has 160 valence electrons. The summed E-state index contributed by atoms with van der Waals surface area (Å²) in [5.74, 6) is -0.0202. The molecule has 2 fully saturated rings. The van der Waals surface area contributed by atoms with E-state index in [4.69, 9.17) is 9.47 Å². The Morgan fingerprint density at radius 3 is 2.67 bits per heavy atom. The zero-order chi connectivity index (χ0) is 21.3. The van der Waals surface area contributed by atoms with Crippen LogP contribution in [-0.2, 0) is 11.2 Å². The van der Waals surface area contributed by atoms with Gasteiger partial charge in [-0.2, -0.15) is 0 Å². The van der Waals surface area contributed by atoms with Crippen molar-refractivity contribution in [3.8, 4) is 5.75 Å². The van der Waals surface area contributed by atoms with Crippen LogP contribution in [0.2, 0.25) is 0 Å². The molecular formula is C23H28FN3O3. The standard InChI is InChI=1S/C23H28FN3O3/c1-15-13-27(14-16(2)30-15)19-6-9-25-20(11-19)22(28)26-23(7-8-23)12-17-4-5-18(24)10-21(17)29-3/h4-6,9-11,15-16H,7-8,12-14H2,1-3H3,(H,26,28)/t15-,16+. The molecule has 1 saturated carbocycles. The minimum absolute atomic E-state index is 0.139. The van der Waals surface area contributed by atoms with Crippen molar-refractivity contribution in [2.75, 3.05) is 25.1 Å². The van der Waals surface area contributed by atoms with Gasteiger partial charge in [0.15, 0.2) is 0 Å². The van der Waals surface area contributed by atoms with E-state index in [1.54, 1.807) is 12.3 Å². The number of methoxy groups -OCH3 is 1. The molecule has 30 heavy (non-hydrogen) atoms. The van der Waals surface area contributed by atoms with Crippen LogP contribution in [0.5, 0.6) is 5.75 Å². The third kappa shape index (κ3) is 4.56. The lowest BCUT2D eigenvalue weighted by molar-refractivity contribution is -0.00522. The monoisotopic (exact) mass is 413 g/mol. The number of anilines is 1. The van der Waals surface area contributed by atoms with Crippen molar-refractivity contribution in [1.82, 2.24) is 10.3 Å². The average molecular weight is 413 g/mol. The Labute approximate surface area is 176 Å². The number of nitrogens with one attached hydrogen (secondary N) is 1. The summed E-state index contributed by atoms with van der Waals surface area (Å²) in [5, 5.41) is 3.15. The maximum absolute atomic E-state index is 13.5. The molecule has 6 nitrogen and oxygen atoms in total. The van der Waals surface area contributed by atoms with Gasteiger partial charge in [0.05, 0.1) is 19.3 Å². The van der Waals surface area contributed by atoms with Gasteiger partial charge in [-0.1, -0.05) is 6.07 Å². The second kappa shape index (κ2) is 8.22. The first-order chi connectivity index (χ1) is 14.4. The Kier molecular flexibility index (Phi) is 5.64. The number of rotatable bonds is 6. The van der Waals surface area contributed by atoms with Gasteiger partial charge in [0, 0.05) is 36.6 Å². The van der Waals surface area contributed by atoms with Gasteiger partial charge in [-0.25, -0.2) is 4.39 Å². The fraction of sp³-hybridized carbons (Fsp3) is 0.478. The van der Waals surface area contributed by atoms with Gasteiger partial charge in [0.2, 0.25) is 0 Å². The summed E-state index contributed by atoms with van der Waals surface area (Å²) in [6.45, 7) is 5.67. The molecule has 1 aliphatic heterocycles. The highest BCUT2D eigenvalue weighted by molar-refractivity contribution is 5.94. The van der Waals surface area contributed by atoms with Gasteiger partial charge in [0.1, 0.15) is 17.3 Å². The zero-order valence-electron chi connectivity index (χ0n) is 17.7. The Balaban J connectivity index is 1.46. The number of nitrogens with zero attached hydrogens (tertiary/aromatic N) is 2. The summed E-state index contributed by atoms with van der Waals surface area (Å²) in [5.41, 5.74) is 1.93. The van der Waals surface area contributed by atoms with Crippen LogP contribution >= 0.6 is 0 Å². The van der Waals surface area contributed by atoms with E-state index in [0.717, 1.165) is 37.2 Å². The molecule has 2 heterocycles. The molecule has 0 spiro atoms. The van der Waals surface area contributed by atoms with Crippen LogP contribution in [0.4, 0.5) is 10.1 Å². The number of hydrogen-bond donors (Lipinski definition) is 1. The van der Waals surface area contributed by atoms with E-state index in [1.165, 1.54) is 19.2 Å². The summed E-state index contributed by atoms with van der Waals surface area (Å²) < 4.78 is 24.6. The molecular weight excluding hydrogens is 385 g/mol. The van der Waals surface area contributed by atoms with E-state index in [2.05, 4.69) is 29.0 Å². The van der Waals surface area contributed by atoms with E-state index in [-0.39, 0.29) is 29.5 Å². The molecule has 0 unspecified atom stereocenters. The first-order valence-electron chi connectivity index (χ1n) is 10.4. The first-order valence-corrected chi connectivity index (χ1v) is 10.4. The average Bonchev–Trinajstić information content (AvgIpc) is 3.47. The number of amides is 1. The van der Waals surface area contributed by atoms with E-state index in [9.17, 15) is 9.18 Å². The molecule has 1 saturated heterocycles. The maximum Gasteiger partial charge on any atom is 0.270 e. The third-order valence-corrected chi connectivity index (χ3v) is 5.77. The SMILES string of the molecule is COc1cc(F)ccc1CC1(NC(=O)c2cc(N3C[C@@H](C)O[C@@H](C)C3)ccn2)CC1. The van der Waals surface area contributed by atoms with Crippen LogP contribution in [0, 0.1) is 5.82 Å². The number of carbonyl (C=O) groups is 1. The second-order valence-electron chi connectivity index (χ2n) is 8.43. The van der Waals surface area contributed by atoms with Crippen LogP contribution in [-0.4, -0.2) is 48.8 Å². The van der Waals surface area contributed by atoms with Gasteiger partial charge in [-0.05, 0) is 56.9 Å². The summed E-state index contributed by atoms with van der Waals surface area (Å²) in [6.07, 6.45) is 4.30. The van der Waals surface area contributed by atoms with Crippen molar-refractivity contribution in [2.24, 2.45) is 0 Å². The molecule has 4 rings (SSSR count). The maximum atomic E-state index is 13.5. The summed E-state index contributed by atoms with van der Waals surface area (Å²) in [7, 11) is 1.53. The van der Waals surface area contributed by atoms with Crippen LogP contribution < -0.4 is 15.0 Å². The highest BCUT2D eigenvalue weighted by atomic mass is 19.1. The second-order valence-corrected chi connectivity index (χ2v) is 8.43. The van der Waals surface area contributed by atoms with Crippen molar-refractivity contribution < 1.29 is 18.7 Å². The Morgan fingerprint density at radius 1 is 1.27 bits per heavy atom. The van der Waals surface area contributed by atoms with Crippen LogP contribution in [0.25, 0.3) is 0 Å².